The van der Waals surface area contributed by atoms with Crippen LogP contribution in [0.5, 0.6) is 0 Å². The van der Waals surface area contributed by atoms with E-state index in [1.54, 1.807) is 37.3 Å². The van der Waals surface area contributed by atoms with Crippen molar-refractivity contribution in [3.05, 3.63) is 40.3 Å². The normalized spacial score (nSPS) is 17.3. The summed E-state index contributed by atoms with van der Waals surface area (Å²) < 4.78 is 4.85. The SMILES string of the molecule is CCOC(=O)C(C)N1C(=O)SC(=Cc2ccc(C#N)cc2)C1=O. The lowest BCUT2D eigenvalue weighted by Gasteiger charge is -2.19. The van der Waals surface area contributed by atoms with Gasteiger partial charge in [-0.1, -0.05) is 12.1 Å². The van der Waals surface area contributed by atoms with Gasteiger partial charge in [0.25, 0.3) is 11.1 Å². The first-order chi connectivity index (χ1) is 11.0. The summed E-state index contributed by atoms with van der Waals surface area (Å²) >= 11 is 0.776. The molecule has 118 valence electrons. The molecule has 1 unspecified atom stereocenters. The first kappa shape index (κ1) is 16.8. The average molecular weight is 330 g/mol. The third kappa shape index (κ3) is 3.60. The molecule has 0 aliphatic carbocycles. The Kier molecular flexibility index (Phi) is 5.19. The maximum atomic E-state index is 12.3. The molecular weight excluding hydrogens is 316 g/mol. The zero-order valence-corrected chi connectivity index (χ0v) is 13.4. The summed E-state index contributed by atoms with van der Waals surface area (Å²) in [5.74, 6) is -1.14. The molecule has 0 saturated carbocycles. The van der Waals surface area contributed by atoms with Gasteiger partial charge in [-0.2, -0.15) is 5.26 Å². The molecule has 2 amide bonds. The molecule has 1 aromatic rings. The summed E-state index contributed by atoms with van der Waals surface area (Å²) in [4.78, 5) is 37.2. The fourth-order valence-electron chi connectivity index (χ4n) is 1.99. The Morgan fingerprint density at radius 1 is 1.39 bits per heavy atom. The molecule has 6 nitrogen and oxygen atoms in total. The van der Waals surface area contributed by atoms with E-state index in [0.717, 1.165) is 16.7 Å². The number of benzene rings is 1. The van der Waals surface area contributed by atoms with Crippen LogP contribution in [0.4, 0.5) is 4.79 Å². The number of thioether (sulfide) groups is 1. The minimum absolute atomic E-state index is 0.181. The molecule has 1 fully saturated rings. The van der Waals surface area contributed by atoms with Gasteiger partial charge >= 0.3 is 5.97 Å². The van der Waals surface area contributed by atoms with Crippen molar-refractivity contribution in [1.82, 2.24) is 4.90 Å². The van der Waals surface area contributed by atoms with Crippen molar-refractivity contribution in [2.75, 3.05) is 6.61 Å². The van der Waals surface area contributed by atoms with Crippen LogP contribution in [0.15, 0.2) is 29.2 Å². The van der Waals surface area contributed by atoms with Crippen LogP contribution in [0.2, 0.25) is 0 Å². The molecule has 0 aromatic heterocycles. The molecule has 1 atom stereocenters. The minimum Gasteiger partial charge on any atom is -0.464 e. The third-order valence-corrected chi connectivity index (χ3v) is 4.06. The monoisotopic (exact) mass is 330 g/mol. The second-order valence-electron chi connectivity index (χ2n) is 4.71. The lowest BCUT2D eigenvalue weighted by atomic mass is 10.1. The summed E-state index contributed by atoms with van der Waals surface area (Å²) in [6, 6.07) is 7.65. The summed E-state index contributed by atoms with van der Waals surface area (Å²) in [5.41, 5.74) is 1.20. The fourth-order valence-corrected chi connectivity index (χ4v) is 2.90. The van der Waals surface area contributed by atoms with E-state index in [1.807, 2.05) is 6.07 Å². The van der Waals surface area contributed by atoms with Crippen LogP contribution in [-0.4, -0.2) is 34.7 Å². The Bertz CT molecular complexity index is 719. The second-order valence-corrected chi connectivity index (χ2v) is 5.71. The van der Waals surface area contributed by atoms with Crippen LogP contribution < -0.4 is 0 Å². The highest BCUT2D eigenvalue weighted by Crippen LogP contribution is 2.33. The topological polar surface area (TPSA) is 87.5 Å². The number of esters is 1. The van der Waals surface area contributed by atoms with Crippen molar-refractivity contribution >= 4 is 35.0 Å². The van der Waals surface area contributed by atoms with E-state index in [0.29, 0.717) is 11.1 Å². The number of hydrogen-bond donors (Lipinski definition) is 0. The number of rotatable bonds is 4. The standard InChI is InChI=1S/C16H14N2O4S/c1-3-22-15(20)10(2)18-14(19)13(23-16(18)21)8-11-4-6-12(9-17)7-5-11/h4-8,10H,3H2,1-2H3. The highest BCUT2D eigenvalue weighted by Gasteiger charge is 2.41. The Hall–Kier alpha value is -2.59. The van der Waals surface area contributed by atoms with Gasteiger partial charge < -0.3 is 4.74 Å². The smallest absolute Gasteiger partial charge is 0.329 e. The van der Waals surface area contributed by atoms with Gasteiger partial charge in [0.15, 0.2) is 0 Å². The van der Waals surface area contributed by atoms with E-state index >= 15 is 0 Å². The molecule has 1 saturated heterocycles. The Labute approximate surface area is 137 Å². The van der Waals surface area contributed by atoms with Crippen molar-refractivity contribution in [1.29, 1.82) is 5.26 Å². The summed E-state index contributed by atoms with van der Waals surface area (Å²) in [6.07, 6.45) is 1.56. The third-order valence-electron chi connectivity index (χ3n) is 3.18. The molecule has 0 N–H and O–H groups in total. The molecule has 1 aromatic carbocycles. The molecular formula is C16H14N2O4S. The number of carbonyl (C=O) groups is 3. The van der Waals surface area contributed by atoms with Gasteiger partial charge in [0.2, 0.25) is 0 Å². The zero-order valence-electron chi connectivity index (χ0n) is 12.6. The van der Waals surface area contributed by atoms with Gasteiger partial charge in [-0.05, 0) is 49.4 Å². The van der Waals surface area contributed by atoms with E-state index in [2.05, 4.69) is 0 Å². The van der Waals surface area contributed by atoms with E-state index in [9.17, 15) is 14.4 Å². The Morgan fingerprint density at radius 2 is 2.04 bits per heavy atom. The van der Waals surface area contributed by atoms with Gasteiger partial charge in [-0.3, -0.25) is 14.5 Å². The Morgan fingerprint density at radius 3 is 2.61 bits per heavy atom. The van der Waals surface area contributed by atoms with E-state index in [1.165, 1.54) is 6.92 Å². The fraction of sp³-hybridized carbons (Fsp3) is 0.250. The highest BCUT2D eigenvalue weighted by molar-refractivity contribution is 8.18. The number of nitrogens with zero attached hydrogens (tertiary/aromatic N) is 2. The number of imide groups is 1. The van der Waals surface area contributed by atoms with Crippen molar-refractivity contribution < 1.29 is 19.1 Å². The molecule has 0 spiro atoms. The first-order valence-corrected chi connectivity index (χ1v) is 7.73. The van der Waals surface area contributed by atoms with Crippen LogP contribution in [0, 0.1) is 11.3 Å². The van der Waals surface area contributed by atoms with Crippen LogP contribution >= 0.6 is 11.8 Å². The van der Waals surface area contributed by atoms with Crippen molar-refractivity contribution in [2.45, 2.75) is 19.9 Å². The quantitative estimate of drug-likeness (QED) is 0.623. The van der Waals surface area contributed by atoms with Crippen LogP contribution in [0.1, 0.15) is 25.0 Å². The predicted octanol–water partition coefficient (Wildman–Crippen LogP) is 2.55. The van der Waals surface area contributed by atoms with Crippen LogP contribution in [-0.2, 0) is 14.3 Å². The van der Waals surface area contributed by atoms with Crippen LogP contribution in [0.25, 0.3) is 6.08 Å². The molecule has 1 heterocycles. The number of nitriles is 1. The highest BCUT2D eigenvalue weighted by atomic mass is 32.2. The second kappa shape index (κ2) is 7.11. The van der Waals surface area contributed by atoms with Gasteiger partial charge in [0.1, 0.15) is 6.04 Å². The predicted molar refractivity (Wildman–Crippen MR) is 85.1 cm³/mol. The molecule has 0 bridgehead atoms. The summed E-state index contributed by atoms with van der Waals surface area (Å²) in [6.45, 7) is 3.29. The number of carbonyl (C=O) groups excluding carboxylic acids is 3. The maximum absolute atomic E-state index is 12.3. The summed E-state index contributed by atoms with van der Waals surface area (Å²) in [7, 11) is 0. The average Bonchev–Trinajstić information content (AvgIpc) is 2.81. The van der Waals surface area contributed by atoms with Crippen molar-refractivity contribution in [3.63, 3.8) is 0 Å². The lowest BCUT2D eigenvalue weighted by molar-refractivity contribution is -0.150. The van der Waals surface area contributed by atoms with Gasteiger partial charge in [-0.25, -0.2) is 4.79 Å². The van der Waals surface area contributed by atoms with Gasteiger partial charge in [0, 0.05) is 0 Å². The van der Waals surface area contributed by atoms with Crippen LogP contribution in [0.3, 0.4) is 0 Å². The number of hydrogen-bond acceptors (Lipinski definition) is 6. The molecule has 23 heavy (non-hydrogen) atoms. The maximum Gasteiger partial charge on any atom is 0.329 e. The van der Waals surface area contributed by atoms with Crippen molar-refractivity contribution in [2.24, 2.45) is 0 Å². The van der Waals surface area contributed by atoms with E-state index in [4.69, 9.17) is 10.00 Å². The first-order valence-electron chi connectivity index (χ1n) is 6.91. The van der Waals surface area contributed by atoms with E-state index < -0.39 is 23.2 Å². The summed E-state index contributed by atoms with van der Waals surface area (Å²) in [5, 5.41) is 8.26. The lowest BCUT2D eigenvalue weighted by Crippen LogP contribution is -2.42. The molecule has 0 radical (unpaired) electrons. The molecule has 2 rings (SSSR count). The minimum atomic E-state index is -0.964. The molecule has 1 aliphatic rings. The largest absolute Gasteiger partial charge is 0.464 e. The molecule has 1 aliphatic heterocycles. The Balaban J connectivity index is 2.21. The van der Waals surface area contributed by atoms with E-state index in [-0.39, 0.29) is 11.5 Å². The number of ether oxygens (including phenoxy) is 1. The van der Waals surface area contributed by atoms with Gasteiger partial charge in [-0.15, -0.1) is 0 Å². The number of amides is 2. The van der Waals surface area contributed by atoms with Crippen molar-refractivity contribution in [3.8, 4) is 6.07 Å². The van der Waals surface area contributed by atoms with Gasteiger partial charge in [0.05, 0.1) is 23.1 Å². The zero-order chi connectivity index (χ0) is 17.0. The molecule has 7 heteroatoms.